The molecule has 0 saturated carbocycles. The molecule has 0 radical (unpaired) electrons. The van der Waals surface area contributed by atoms with Crippen molar-refractivity contribution in [3.8, 4) is 11.5 Å². The van der Waals surface area contributed by atoms with Crippen molar-refractivity contribution in [3.63, 3.8) is 0 Å². The molecule has 2 aliphatic rings. The zero-order chi connectivity index (χ0) is 17.9. The lowest BCUT2D eigenvalue weighted by molar-refractivity contribution is 0.254. The molecule has 1 N–H and O–H groups in total. The normalized spacial score (nSPS) is 17.2. The van der Waals surface area contributed by atoms with Gasteiger partial charge in [-0.15, -0.1) is 0 Å². The highest BCUT2D eigenvalue weighted by atomic mass is 16.5. The molecule has 1 aromatic heterocycles. The average molecular weight is 355 g/mol. The Kier molecular flexibility index (Phi) is 5.16. The van der Waals surface area contributed by atoms with Crippen LogP contribution in [0.15, 0.2) is 12.1 Å². The number of pyridine rings is 1. The molecule has 5 nitrogen and oxygen atoms in total. The van der Waals surface area contributed by atoms with Crippen molar-refractivity contribution in [2.45, 2.75) is 39.0 Å². The van der Waals surface area contributed by atoms with Gasteiger partial charge in [0.25, 0.3) is 0 Å². The van der Waals surface area contributed by atoms with Crippen LogP contribution in [0.4, 0.5) is 5.69 Å². The van der Waals surface area contributed by atoms with Gasteiger partial charge in [0.15, 0.2) is 11.5 Å². The zero-order valence-corrected chi connectivity index (χ0v) is 15.9. The minimum atomic E-state index is 0.709. The Bertz CT molecular complexity index is 785. The van der Waals surface area contributed by atoms with Crippen LogP contribution in [-0.2, 0) is 6.42 Å². The lowest BCUT2D eigenvalue weighted by Crippen LogP contribution is -2.22. The van der Waals surface area contributed by atoms with E-state index in [1.165, 1.54) is 37.2 Å². The van der Waals surface area contributed by atoms with Crippen molar-refractivity contribution >= 4 is 16.6 Å². The molecule has 5 heteroatoms. The number of aromatic nitrogens is 1. The first-order chi connectivity index (χ1) is 12.8. The minimum Gasteiger partial charge on any atom is -0.493 e. The lowest BCUT2D eigenvalue weighted by Gasteiger charge is -2.22. The number of fused-ring (bicyclic) bond motifs is 3. The zero-order valence-electron chi connectivity index (χ0n) is 15.9. The Morgan fingerprint density at radius 1 is 1.15 bits per heavy atom. The summed E-state index contributed by atoms with van der Waals surface area (Å²) in [6.07, 6.45) is 5.97. The van der Waals surface area contributed by atoms with Crippen LogP contribution in [0, 0.1) is 6.92 Å². The maximum absolute atomic E-state index is 6.07. The van der Waals surface area contributed by atoms with Gasteiger partial charge in [0, 0.05) is 35.9 Å². The van der Waals surface area contributed by atoms with E-state index >= 15 is 0 Å². The van der Waals surface area contributed by atoms with Gasteiger partial charge in [0.2, 0.25) is 0 Å². The van der Waals surface area contributed by atoms with Gasteiger partial charge in [0.05, 0.1) is 19.2 Å². The molecule has 1 fully saturated rings. The largest absolute Gasteiger partial charge is 0.493 e. The van der Waals surface area contributed by atoms with Crippen molar-refractivity contribution in [1.29, 1.82) is 0 Å². The number of aryl methyl sites for hydroxylation is 1. The Hall–Kier alpha value is -2.01. The summed E-state index contributed by atoms with van der Waals surface area (Å²) < 4.78 is 11.7. The summed E-state index contributed by atoms with van der Waals surface area (Å²) in [5, 5.41) is 4.69. The summed E-state index contributed by atoms with van der Waals surface area (Å²) in [7, 11) is 1.71. The fourth-order valence-corrected chi connectivity index (χ4v) is 4.17. The number of nitrogens with zero attached hydrogens (tertiary/aromatic N) is 2. The highest BCUT2D eigenvalue weighted by Crippen LogP contribution is 2.38. The predicted molar refractivity (Wildman–Crippen MR) is 106 cm³/mol. The van der Waals surface area contributed by atoms with E-state index in [0.29, 0.717) is 6.61 Å². The quantitative estimate of drug-likeness (QED) is 0.799. The second-order valence-electron chi connectivity index (χ2n) is 7.35. The highest BCUT2D eigenvalue weighted by molar-refractivity contribution is 5.96. The highest BCUT2D eigenvalue weighted by Gasteiger charge is 2.18. The van der Waals surface area contributed by atoms with Gasteiger partial charge in [-0.25, -0.2) is 0 Å². The molecule has 140 valence electrons. The number of anilines is 1. The summed E-state index contributed by atoms with van der Waals surface area (Å²) >= 11 is 0. The molecule has 1 saturated heterocycles. The second kappa shape index (κ2) is 7.70. The third-order valence-corrected chi connectivity index (χ3v) is 5.56. The molecule has 3 heterocycles. The van der Waals surface area contributed by atoms with E-state index in [-0.39, 0.29) is 0 Å². The summed E-state index contributed by atoms with van der Waals surface area (Å²) in [6, 6.07) is 4.11. The molecule has 2 aromatic rings. The van der Waals surface area contributed by atoms with Gasteiger partial charge in [-0.3, -0.25) is 4.98 Å². The number of methoxy groups -OCH3 is 1. The van der Waals surface area contributed by atoms with Gasteiger partial charge < -0.3 is 19.7 Å². The van der Waals surface area contributed by atoms with E-state index in [1.807, 2.05) is 6.07 Å². The Morgan fingerprint density at radius 2 is 2.00 bits per heavy atom. The van der Waals surface area contributed by atoms with Crippen LogP contribution in [0.1, 0.15) is 36.9 Å². The number of nitrogens with one attached hydrogen (secondary N) is 1. The van der Waals surface area contributed by atoms with Crippen molar-refractivity contribution in [2.24, 2.45) is 0 Å². The van der Waals surface area contributed by atoms with Crippen LogP contribution < -0.4 is 14.8 Å². The Morgan fingerprint density at radius 3 is 2.81 bits per heavy atom. The molecule has 1 aromatic carbocycles. The van der Waals surface area contributed by atoms with Gasteiger partial charge in [0.1, 0.15) is 0 Å². The van der Waals surface area contributed by atoms with E-state index in [2.05, 4.69) is 23.2 Å². The van der Waals surface area contributed by atoms with E-state index in [1.54, 1.807) is 7.11 Å². The minimum absolute atomic E-state index is 0.709. The third-order valence-electron chi connectivity index (χ3n) is 5.56. The number of ether oxygens (including phenoxy) is 2. The lowest BCUT2D eigenvalue weighted by atomic mass is 9.98. The summed E-state index contributed by atoms with van der Waals surface area (Å²) in [5.74, 6) is 1.59. The van der Waals surface area contributed by atoms with Crippen LogP contribution in [0.5, 0.6) is 11.5 Å². The average Bonchev–Trinajstić information content (AvgIpc) is 3.18. The van der Waals surface area contributed by atoms with Gasteiger partial charge in [-0.1, -0.05) is 0 Å². The first-order valence-electron chi connectivity index (χ1n) is 9.86. The fourth-order valence-electron chi connectivity index (χ4n) is 4.17. The van der Waals surface area contributed by atoms with E-state index in [9.17, 15) is 0 Å². The van der Waals surface area contributed by atoms with Crippen molar-refractivity contribution in [3.05, 3.63) is 23.4 Å². The summed E-state index contributed by atoms with van der Waals surface area (Å²) in [5.41, 5.74) is 4.65. The smallest absolute Gasteiger partial charge is 0.163 e. The number of likely N-dealkylation sites (tertiary alicyclic amines) is 1. The second-order valence-corrected chi connectivity index (χ2v) is 7.35. The molecular formula is C21H29N3O2. The summed E-state index contributed by atoms with van der Waals surface area (Å²) in [6.45, 7) is 7.42. The van der Waals surface area contributed by atoms with Gasteiger partial charge >= 0.3 is 0 Å². The molecule has 0 atom stereocenters. The molecule has 0 amide bonds. The number of hydrogen-bond acceptors (Lipinski definition) is 5. The molecule has 2 aliphatic heterocycles. The van der Waals surface area contributed by atoms with E-state index in [4.69, 9.17) is 14.5 Å². The Balaban J connectivity index is 1.54. The standard InChI is InChI=1S/C21H29N3O2/c1-15-16-7-5-8-22-21(16)17-13-19(25-2)20(14-18(17)23-15)26-12-6-11-24-9-3-4-10-24/h13-14,22H,3-12H2,1-2H3. The molecule has 0 aliphatic carbocycles. The fraction of sp³-hybridized carbons (Fsp3) is 0.571. The Labute approximate surface area is 155 Å². The van der Waals surface area contributed by atoms with E-state index < -0.39 is 0 Å². The van der Waals surface area contributed by atoms with Crippen molar-refractivity contribution in [1.82, 2.24) is 9.88 Å². The molecular weight excluding hydrogens is 326 g/mol. The maximum Gasteiger partial charge on any atom is 0.163 e. The maximum atomic E-state index is 6.07. The third kappa shape index (κ3) is 3.45. The van der Waals surface area contributed by atoms with Gasteiger partial charge in [-0.2, -0.15) is 0 Å². The van der Waals surface area contributed by atoms with Crippen LogP contribution in [-0.4, -0.2) is 49.8 Å². The SMILES string of the molecule is COc1cc2c3c(c(C)nc2cc1OCCCN1CCCC1)CCCN3. The molecule has 4 rings (SSSR count). The summed E-state index contributed by atoms with van der Waals surface area (Å²) in [4.78, 5) is 7.35. The molecule has 0 unspecified atom stereocenters. The topological polar surface area (TPSA) is 46.6 Å². The van der Waals surface area contributed by atoms with Crippen LogP contribution in [0.25, 0.3) is 10.9 Å². The first-order valence-corrected chi connectivity index (χ1v) is 9.86. The van der Waals surface area contributed by atoms with Crippen molar-refractivity contribution in [2.75, 3.05) is 45.2 Å². The number of rotatable bonds is 6. The van der Waals surface area contributed by atoms with Gasteiger partial charge in [-0.05, 0) is 63.7 Å². The monoisotopic (exact) mass is 355 g/mol. The molecule has 26 heavy (non-hydrogen) atoms. The van der Waals surface area contributed by atoms with E-state index in [0.717, 1.165) is 60.4 Å². The van der Waals surface area contributed by atoms with Crippen LogP contribution in [0.2, 0.25) is 0 Å². The first kappa shape index (κ1) is 17.4. The number of hydrogen-bond donors (Lipinski definition) is 1. The van der Waals surface area contributed by atoms with Crippen LogP contribution >= 0.6 is 0 Å². The van der Waals surface area contributed by atoms with Crippen molar-refractivity contribution < 1.29 is 9.47 Å². The molecule has 0 spiro atoms. The van der Waals surface area contributed by atoms with Crippen LogP contribution in [0.3, 0.4) is 0 Å². The molecule has 0 bridgehead atoms. The number of benzene rings is 1. The predicted octanol–water partition coefficient (Wildman–Crippen LogP) is 3.77.